The van der Waals surface area contributed by atoms with Crippen LogP contribution in [0.2, 0.25) is 0 Å². The predicted octanol–water partition coefficient (Wildman–Crippen LogP) is 3.55. The molecular weight excluding hydrogens is 252 g/mol. The average molecular weight is 270 g/mol. The summed E-state index contributed by atoms with van der Waals surface area (Å²) in [6.07, 6.45) is 0. The van der Waals surface area contributed by atoms with E-state index in [1.54, 1.807) is 32.4 Å². The molecule has 104 valence electrons. The highest BCUT2D eigenvalue weighted by Gasteiger charge is 2.13. The van der Waals surface area contributed by atoms with Crippen molar-refractivity contribution in [3.63, 3.8) is 0 Å². The molecule has 0 saturated heterocycles. The Hall–Kier alpha value is -2.29. The molecule has 0 saturated carbocycles. The summed E-state index contributed by atoms with van der Waals surface area (Å²) in [4.78, 5) is 12.5. The van der Waals surface area contributed by atoms with Crippen LogP contribution in [0.15, 0.2) is 36.4 Å². The van der Waals surface area contributed by atoms with E-state index in [0.717, 1.165) is 22.6 Å². The number of aryl methyl sites for hydroxylation is 2. The molecule has 0 aromatic heterocycles. The van der Waals surface area contributed by atoms with Gasteiger partial charge in [0.2, 0.25) is 0 Å². The largest absolute Gasteiger partial charge is 0.497 e. The third-order valence-electron chi connectivity index (χ3n) is 3.35. The SMILES string of the molecule is COc1ccc(C(=O)c2ccc(C)c(OC)c2)c(C)c1. The van der Waals surface area contributed by atoms with E-state index in [-0.39, 0.29) is 5.78 Å². The molecule has 0 unspecified atom stereocenters. The van der Waals surface area contributed by atoms with E-state index in [0.29, 0.717) is 11.1 Å². The normalized spacial score (nSPS) is 10.2. The zero-order chi connectivity index (χ0) is 14.7. The van der Waals surface area contributed by atoms with Crippen molar-refractivity contribution in [2.45, 2.75) is 13.8 Å². The van der Waals surface area contributed by atoms with Crippen LogP contribution in [-0.4, -0.2) is 20.0 Å². The standard InChI is InChI=1S/C17H18O3/c1-11-5-6-13(10-16(11)20-4)17(18)15-8-7-14(19-3)9-12(15)2/h5-10H,1-4H3. The molecule has 0 atom stereocenters. The van der Waals surface area contributed by atoms with Crippen LogP contribution in [0.5, 0.6) is 11.5 Å². The highest BCUT2D eigenvalue weighted by atomic mass is 16.5. The van der Waals surface area contributed by atoms with Gasteiger partial charge in [0, 0.05) is 11.1 Å². The molecule has 0 aliphatic carbocycles. The van der Waals surface area contributed by atoms with E-state index in [1.165, 1.54) is 0 Å². The summed E-state index contributed by atoms with van der Waals surface area (Å²) in [5.74, 6) is 1.46. The number of carbonyl (C=O) groups is 1. The Morgan fingerprint density at radius 1 is 0.900 bits per heavy atom. The van der Waals surface area contributed by atoms with Crippen molar-refractivity contribution in [2.75, 3.05) is 14.2 Å². The second-order valence-electron chi connectivity index (χ2n) is 4.69. The number of benzene rings is 2. The Labute approximate surface area is 119 Å². The maximum Gasteiger partial charge on any atom is 0.193 e. The molecule has 0 fully saturated rings. The first kappa shape index (κ1) is 14.1. The fourth-order valence-electron chi connectivity index (χ4n) is 2.13. The predicted molar refractivity (Wildman–Crippen MR) is 78.9 cm³/mol. The summed E-state index contributed by atoms with van der Waals surface area (Å²) in [6.45, 7) is 3.85. The zero-order valence-electron chi connectivity index (χ0n) is 12.2. The van der Waals surface area contributed by atoms with Gasteiger partial charge in [0.05, 0.1) is 14.2 Å². The number of hydrogen-bond donors (Lipinski definition) is 0. The van der Waals surface area contributed by atoms with Gasteiger partial charge in [0.15, 0.2) is 5.78 Å². The Morgan fingerprint density at radius 2 is 1.65 bits per heavy atom. The van der Waals surface area contributed by atoms with E-state index < -0.39 is 0 Å². The highest BCUT2D eigenvalue weighted by Crippen LogP contribution is 2.23. The van der Waals surface area contributed by atoms with Gasteiger partial charge in [-0.25, -0.2) is 0 Å². The first-order valence-electron chi connectivity index (χ1n) is 6.40. The van der Waals surface area contributed by atoms with Crippen LogP contribution in [0.1, 0.15) is 27.0 Å². The van der Waals surface area contributed by atoms with Crippen molar-refractivity contribution >= 4 is 5.78 Å². The Bertz CT molecular complexity index is 645. The third-order valence-corrected chi connectivity index (χ3v) is 3.35. The van der Waals surface area contributed by atoms with Crippen LogP contribution >= 0.6 is 0 Å². The molecule has 2 aromatic carbocycles. The van der Waals surface area contributed by atoms with Crippen molar-refractivity contribution in [2.24, 2.45) is 0 Å². The Morgan fingerprint density at radius 3 is 2.25 bits per heavy atom. The summed E-state index contributed by atoms with van der Waals surface area (Å²) in [6, 6.07) is 10.9. The summed E-state index contributed by atoms with van der Waals surface area (Å²) in [7, 11) is 3.22. The van der Waals surface area contributed by atoms with Crippen molar-refractivity contribution in [1.29, 1.82) is 0 Å². The number of carbonyl (C=O) groups excluding carboxylic acids is 1. The molecule has 20 heavy (non-hydrogen) atoms. The number of ether oxygens (including phenoxy) is 2. The molecule has 0 bridgehead atoms. The topological polar surface area (TPSA) is 35.5 Å². The molecule has 0 heterocycles. The number of methoxy groups -OCH3 is 2. The Kier molecular flexibility index (Phi) is 4.08. The molecule has 2 rings (SSSR count). The van der Waals surface area contributed by atoms with Gasteiger partial charge in [-0.1, -0.05) is 12.1 Å². The van der Waals surface area contributed by atoms with E-state index in [1.807, 2.05) is 32.0 Å². The van der Waals surface area contributed by atoms with Gasteiger partial charge in [-0.15, -0.1) is 0 Å². The molecule has 2 aromatic rings. The lowest BCUT2D eigenvalue weighted by Crippen LogP contribution is -2.04. The molecule has 0 radical (unpaired) electrons. The van der Waals surface area contributed by atoms with Gasteiger partial charge in [-0.05, 0) is 49.2 Å². The lowest BCUT2D eigenvalue weighted by atomic mass is 9.98. The van der Waals surface area contributed by atoms with Crippen LogP contribution in [0.3, 0.4) is 0 Å². The second-order valence-corrected chi connectivity index (χ2v) is 4.69. The fraction of sp³-hybridized carbons (Fsp3) is 0.235. The van der Waals surface area contributed by atoms with Crippen LogP contribution < -0.4 is 9.47 Å². The van der Waals surface area contributed by atoms with E-state index >= 15 is 0 Å². The lowest BCUT2D eigenvalue weighted by molar-refractivity contribution is 0.103. The van der Waals surface area contributed by atoms with Crippen LogP contribution in [0.4, 0.5) is 0 Å². The number of rotatable bonds is 4. The second kappa shape index (κ2) is 5.78. The van der Waals surface area contributed by atoms with Crippen molar-refractivity contribution in [1.82, 2.24) is 0 Å². The lowest BCUT2D eigenvalue weighted by Gasteiger charge is -2.10. The van der Waals surface area contributed by atoms with Gasteiger partial charge in [0.1, 0.15) is 11.5 Å². The Balaban J connectivity index is 2.41. The molecule has 0 aliphatic heterocycles. The summed E-state index contributed by atoms with van der Waals surface area (Å²) in [5.41, 5.74) is 3.21. The average Bonchev–Trinajstić information content (AvgIpc) is 2.47. The maximum atomic E-state index is 12.5. The van der Waals surface area contributed by atoms with Gasteiger partial charge >= 0.3 is 0 Å². The van der Waals surface area contributed by atoms with Crippen LogP contribution in [0.25, 0.3) is 0 Å². The molecule has 0 N–H and O–H groups in total. The summed E-state index contributed by atoms with van der Waals surface area (Å²) < 4.78 is 10.4. The van der Waals surface area contributed by atoms with Gasteiger partial charge in [-0.2, -0.15) is 0 Å². The molecule has 0 amide bonds. The van der Waals surface area contributed by atoms with Crippen molar-refractivity contribution in [3.8, 4) is 11.5 Å². The summed E-state index contributed by atoms with van der Waals surface area (Å²) in [5, 5.41) is 0. The third kappa shape index (κ3) is 2.67. The van der Waals surface area contributed by atoms with E-state index in [4.69, 9.17) is 9.47 Å². The molecule has 0 aliphatic rings. The first-order chi connectivity index (χ1) is 9.56. The minimum absolute atomic E-state index is 0.0107. The first-order valence-corrected chi connectivity index (χ1v) is 6.40. The van der Waals surface area contributed by atoms with Crippen molar-refractivity contribution in [3.05, 3.63) is 58.7 Å². The van der Waals surface area contributed by atoms with E-state index in [2.05, 4.69) is 0 Å². The van der Waals surface area contributed by atoms with Crippen LogP contribution in [0, 0.1) is 13.8 Å². The van der Waals surface area contributed by atoms with Crippen molar-refractivity contribution < 1.29 is 14.3 Å². The number of hydrogen-bond acceptors (Lipinski definition) is 3. The minimum atomic E-state index is -0.0107. The fourth-order valence-corrected chi connectivity index (χ4v) is 2.13. The molecular formula is C17H18O3. The van der Waals surface area contributed by atoms with E-state index in [9.17, 15) is 4.79 Å². The maximum absolute atomic E-state index is 12.5. The monoisotopic (exact) mass is 270 g/mol. The van der Waals surface area contributed by atoms with Gasteiger partial charge in [-0.3, -0.25) is 4.79 Å². The minimum Gasteiger partial charge on any atom is -0.497 e. The smallest absolute Gasteiger partial charge is 0.193 e. The summed E-state index contributed by atoms with van der Waals surface area (Å²) >= 11 is 0. The van der Waals surface area contributed by atoms with Gasteiger partial charge < -0.3 is 9.47 Å². The zero-order valence-corrected chi connectivity index (χ0v) is 12.2. The molecule has 3 heteroatoms. The number of ketones is 1. The molecule has 0 spiro atoms. The highest BCUT2D eigenvalue weighted by molar-refractivity contribution is 6.10. The quantitative estimate of drug-likeness (QED) is 0.797. The van der Waals surface area contributed by atoms with Gasteiger partial charge in [0.25, 0.3) is 0 Å². The van der Waals surface area contributed by atoms with Crippen LogP contribution in [-0.2, 0) is 0 Å². The molecule has 3 nitrogen and oxygen atoms in total.